The van der Waals surface area contributed by atoms with Crippen LogP contribution in [0.25, 0.3) is 0 Å². The Morgan fingerprint density at radius 2 is 1.83 bits per heavy atom. The summed E-state index contributed by atoms with van der Waals surface area (Å²) in [6, 6.07) is 17.3. The monoisotopic (exact) mass is 473 g/mol. The molecule has 3 aromatic rings. The summed E-state index contributed by atoms with van der Waals surface area (Å²) in [5.74, 6) is -0.0500. The van der Waals surface area contributed by atoms with Crippen molar-refractivity contribution < 1.29 is 14.3 Å². The Balaban J connectivity index is 1.70. The Morgan fingerprint density at radius 1 is 1.10 bits per heavy atom. The van der Waals surface area contributed by atoms with E-state index in [0.717, 1.165) is 4.47 Å². The lowest BCUT2D eigenvalue weighted by molar-refractivity contribution is -0.116. The highest BCUT2D eigenvalue weighted by Gasteiger charge is 2.20. The van der Waals surface area contributed by atoms with E-state index in [1.54, 1.807) is 48.5 Å². The van der Waals surface area contributed by atoms with Crippen LogP contribution in [-0.4, -0.2) is 35.3 Å². The number of carbonyl (C=O) groups is 2. The van der Waals surface area contributed by atoms with E-state index in [1.807, 2.05) is 12.1 Å². The van der Waals surface area contributed by atoms with Crippen LogP contribution in [0.5, 0.6) is 11.6 Å². The van der Waals surface area contributed by atoms with Gasteiger partial charge in [-0.05, 0) is 48.5 Å². The van der Waals surface area contributed by atoms with Crippen LogP contribution >= 0.6 is 27.5 Å². The molecule has 29 heavy (non-hydrogen) atoms. The van der Waals surface area contributed by atoms with Gasteiger partial charge in [0.25, 0.3) is 5.91 Å². The number of para-hydroxylation sites is 1. The fourth-order valence-corrected chi connectivity index (χ4v) is 2.94. The van der Waals surface area contributed by atoms with Gasteiger partial charge in [-0.2, -0.15) is 0 Å². The minimum Gasteiger partial charge on any atom is -0.438 e. The zero-order valence-corrected chi connectivity index (χ0v) is 17.8. The molecule has 0 spiro atoms. The van der Waals surface area contributed by atoms with Crippen molar-refractivity contribution in [2.45, 2.75) is 0 Å². The van der Waals surface area contributed by atoms with Crippen molar-refractivity contribution in [1.29, 1.82) is 0 Å². The molecule has 3 rings (SSSR count). The fraction of sp³-hybridized carbons (Fsp3) is 0.0952. The lowest BCUT2D eigenvalue weighted by Crippen LogP contribution is -2.35. The number of halogens is 2. The molecule has 0 aliphatic rings. The van der Waals surface area contributed by atoms with E-state index in [9.17, 15) is 9.59 Å². The molecule has 2 amide bonds. The average Bonchev–Trinajstić information content (AvgIpc) is 2.71. The van der Waals surface area contributed by atoms with Crippen LogP contribution < -0.4 is 10.1 Å². The standard InChI is InChI=1S/C21H17BrClN3O3/c1-26(13-19(27)25-18-7-3-2-6-17(18)23)21(28)16-5-4-12-24-20(16)29-15-10-8-14(22)9-11-15/h2-12H,13H2,1H3,(H,25,27). The minimum absolute atomic E-state index is 0.156. The van der Waals surface area contributed by atoms with Gasteiger partial charge in [0.15, 0.2) is 0 Å². The number of pyridine rings is 1. The van der Waals surface area contributed by atoms with Gasteiger partial charge in [-0.3, -0.25) is 9.59 Å². The largest absolute Gasteiger partial charge is 0.438 e. The highest BCUT2D eigenvalue weighted by molar-refractivity contribution is 9.10. The van der Waals surface area contributed by atoms with Gasteiger partial charge in [-0.25, -0.2) is 4.98 Å². The Kier molecular flexibility index (Phi) is 6.85. The lowest BCUT2D eigenvalue weighted by Gasteiger charge is -2.18. The summed E-state index contributed by atoms with van der Waals surface area (Å²) in [6.45, 7) is -0.156. The van der Waals surface area contributed by atoms with E-state index in [-0.39, 0.29) is 29.8 Å². The molecule has 8 heteroatoms. The molecule has 1 heterocycles. The van der Waals surface area contributed by atoms with E-state index < -0.39 is 0 Å². The molecule has 148 valence electrons. The van der Waals surface area contributed by atoms with Crippen molar-refractivity contribution in [1.82, 2.24) is 9.88 Å². The topological polar surface area (TPSA) is 71.5 Å². The molecule has 0 saturated heterocycles. The third-order valence-corrected chi connectivity index (χ3v) is 4.76. The molecule has 1 aromatic heterocycles. The number of nitrogens with zero attached hydrogens (tertiary/aromatic N) is 2. The van der Waals surface area contributed by atoms with Crippen molar-refractivity contribution in [2.24, 2.45) is 0 Å². The maximum absolute atomic E-state index is 12.9. The number of amides is 2. The van der Waals surface area contributed by atoms with Gasteiger partial charge in [0.05, 0.1) is 17.3 Å². The molecule has 6 nitrogen and oxygen atoms in total. The first-order valence-electron chi connectivity index (χ1n) is 8.62. The van der Waals surface area contributed by atoms with Crippen molar-refractivity contribution in [3.63, 3.8) is 0 Å². The number of anilines is 1. The molecule has 0 fully saturated rings. The molecular formula is C21H17BrClN3O3. The van der Waals surface area contributed by atoms with Crippen LogP contribution in [-0.2, 0) is 4.79 Å². The zero-order valence-electron chi connectivity index (χ0n) is 15.4. The summed E-state index contributed by atoms with van der Waals surface area (Å²) in [5, 5.41) is 3.11. The minimum atomic E-state index is -0.389. The van der Waals surface area contributed by atoms with E-state index >= 15 is 0 Å². The second kappa shape index (κ2) is 9.54. The van der Waals surface area contributed by atoms with Crippen LogP contribution in [0, 0.1) is 0 Å². The number of hydrogen-bond acceptors (Lipinski definition) is 4. The van der Waals surface area contributed by atoms with Crippen LogP contribution in [0.3, 0.4) is 0 Å². The smallest absolute Gasteiger partial charge is 0.259 e. The number of aromatic nitrogens is 1. The Morgan fingerprint density at radius 3 is 2.55 bits per heavy atom. The molecular weight excluding hydrogens is 458 g/mol. The van der Waals surface area contributed by atoms with E-state index in [1.165, 1.54) is 18.1 Å². The van der Waals surface area contributed by atoms with Crippen molar-refractivity contribution >= 4 is 45.0 Å². The van der Waals surface area contributed by atoms with E-state index in [2.05, 4.69) is 26.2 Å². The van der Waals surface area contributed by atoms with Gasteiger partial charge in [0.2, 0.25) is 11.8 Å². The quantitative estimate of drug-likeness (QED) is 0.546. The van der Waals surface area contributed by atoms with E-state index in [0.29, 0.717) is 16.5 Å². The van der Waals surface area contributed by atoms with Gasteiger partial charge in [0, 0.05) is 17.7 Å². The highest BCUT2D eigenvalue weighted by Crippen LogP contribution is 2.25. The molecule has 2 aromatic carbocycles. The molecule has 0 aliphatic carbocycles. The summed E-state index contributed by atoms with van der Waals surface area (Å²) < 4.78 is 6.66. The van der Waals surface area contributed by atoms with Crippen molar-refractivity contribution in [2.75, 3.05) is 18.9 Å². The van der Waals surface area contributed by atoms with Crippen LogP contribution in [0.2, 0.25) is 5.02 Å². The first kappa shape index (κ1) is 20.8. The summed E-state index contributed by atoms with van der Waals surface area (Å²) >= 11 is 9.41. The van der Waals surface area contributed by atoms with Crippen LogP contribution in [0.1, 0.15) is 10.4 Å². The zero-order chi connectivity index (χ0) is 20.8. The summed E-state index contributed by atoms with van der Waals surface area (Å²) in [6.07, 6.45) is 1.54. The molecule has 0 radical (unpaired) electrons. The highest BCUT2D eigenvalue weighted by atomic mass is 79.9. The predicted molar refractivity (Wildman–Crippen MR) is 115 cm³/mol. The summed E-state index contributed by atoms with van der Waals surface area (Å²) in [5.41, 5.74) is 0.740. The van der Waals surface area contributed by atoms with Crippen LogP contribution in [0.4, 0.5) is 5.69 Å². The normalized spacial score (nSPS) is 10.3. The lowest BCUT2D eigenvalue weighted by atomic mass is 10.2. The fourth-order valence-electron chi connectivity index (χ4n) is 2.49. The Labute approximate surface area is 181 Å². The second-order valence-corrected chi connectivity index (χ2v) is 7.42. The number of carbonyl (C=O) groups excluding carboxylic acids is 2. The first-order chi connectivity index (χ1) is 13.9. The maximum Gasteiger partial charge on any atom is 0.259 e. The number of hydrogen-bond donors (Lipinski definition) is 1. The Bertz CT molecular complexity index is 1030. The first-order valence-corrected chi connectivity index (χ1v) is 9.79. The molecule has 0 saturated carbocycles. The second-order valence-electron chi connectivity index (χ2n) is 6.10. The Hall–Kier alpha value is -2.90. The van der Waals surface area contributed by atoms with Gasteiger partial charge >= 0.3 is 0 Å². The molecule has 0 unspecified atom stereocenters. The van der Waals surface area contributed by atoms with Crippen molar-refractivity contribution in [3.8, 4) is 11.6 Å². The third kappa shape index (κ3) is 5.56. The van der Waals surface area contributed by atoms with Crippen LogP contribution in [0.15, 0.2) is 71.3 Å². The van der Waals surface area contributed by atoms with Gasteiger partial charge in [0.1, 0.15) is 11.3 Å². The molecule has 0 aliphatic heterocycles. The number of nitrogens with one attached hydrogen (secondary N) is 1. The van der Waals surface area contributed by atoms with Gasteiger partial charge in [-0.1, -0.05) is 39.7 Å². The maximum atomic E-state index is 12.9. The number of ether oxygens (including phenoxy) is 1. The van der Waals surface area contributed by atoms with Gasteiger partial charge in [-0.15, -0.1) is 0 Å². The number of rotatable bonds is 6. The number of benzene rings is 2. The average molecular weight is 475 g/mol. The third-order valence-electron chi connectivity index (χ3n) is 3.91. The molecule has 1 N–H and O–H groups in total. The summed E-state index contributed by atoms with van der Waals surface area (Å²) in [4.78, 5) is 30.6. The van der Waals surface area contributed by atoms with Gasteiger partial charge < -0.3 is 15.0 Å². The number of likely N-dealkylation sites (N-methyl/N-ethyl adjacent to an activating group) is 1. The summed E-state index contributed by atoms with van der Waals surface area (Å²) in [7, 11) is 1.53. The SMILES string of the molecule is CN(CC(=O)Nc1ccccc1Cl)C(=O)c1cccnc1Oc1ccc(Br)cc1. The van der Waals surface area contributed by atoms with E-state index in [4.69, 9.17) is 16.3 Å². The molecule has 0 atom stereocenters. The molecule has 0 bridgehead atoms. The van der Waals surface area contributed by atoms with Crippen molar-refractivity contribution in [3.05, 3.63) is 81.9 Å². The predicted octanol–water partition coefficient (Wildman–Crippen LogP) is 5.00.